The number of hydrogen-bond donors (Lipinski definition) is 1. The molecule has 0 amide bonds. The minimum atomic E-state index is 0.560. The van der Waals surface area contributed by atoms with Gasteiger partial charge in [0.15, 0.2) is 0 Å². The summed E-state index contributed by atoms with van der Waals surface area (Å²) in [4.78, 5) is 1.47. The Labute approximate surface area is 97.9 Å². The van der Waals surface area contributed by atoms with Gasteiger partial charge in [0.2, 0.25) is 0 Å². The van der Waals surface area contributed by atoms with E-state index in [2.05, 4.69) is 43.6 Å². The van der Waals surface area contributed by atoms with Crippen LogP contribution in [0.15, 0.2) is 17.5 Å². The van der Waals surface area contributed by atoms with Crippen molar-refractivity contribution < 1.29 is 0 Å². The van der Waals surface area contributed by atoms with Gasteiger partial charge < -0.3 is 5.32 Å². The fourth-order valence-corrected chi connectivity index (χ4v) is 2.76. The van der Waals surface area contributed by atoms with Crippen molar-refractivity contribution >= 4 is 11.3 Å². The lowest BCUT2D eigenvalue weighted by Gasteiger charge is -2.18. The van der Waals surface area contributed by atoms with Gasteiger partial charge in [-0.25, -0.2) is 0 Å². The van der Waals surface area contributed by atoms with E-state index in [1.165, 1.54) is 24.1 Å². The van der Waals surface area contributed by atoms with Crippen molar-refractivity contribution in [1.29, 1.82) is 0 Å². The Bertz CT molecular complexity index is 243. The smallest absolute Gasteiger partial charge is 0.0412 e. The number of thiophene rings is 1. The highest BCUT2D eigenvalue weighted by atomic mass is 32.1. The zero-order valence-electron chi connectivity index (χ0n) is 10.1. The van der Waals surface area contributed by atoms with Crippen LogP contribution in [0.5, 0.6) is 0 Å². The van der Waals surface area contributed by atoms with E-state index >= 15 is 0 Å². The molecule has 0 aromatic carbocycles. The van der Waals surface area contributed by atoms with Gasteiger partial charge >= 0.3 is 0 Å². The Balaban J connectivity index is 2.35. The zero-order valence-corrected chi connectivity index (χ0v) is 10.9. The van der Waals surface area contributed by atoms with Gasteiger partial charge in [-0.1, -0.05) is 33.3 Å². The van der Waals surface area contributed by atoms with Crippen LogP contribution in [0, 0.1) is 5.92 Å². The molecule has 2 unspecified atom stereocenters. The summed E-state index contributed by atoms with van der Waals surface area (Å²) in [6, 6.07) is 4.93. The van der Waals surface area contributed by atoms with Gasteiger partial charge in [0.05, 0.1) is 0 Å². The van der Waals surface area contributed by atoms with Crippen LogP contribution in [0.4, 0.5) is 0 Å². The van der Waals surface area contributed by atoms with Crippen LogP contribution in [0.25, 0.3) is 0 Å². The molecule has 1 aromatic rings. The standard InChI is InChI=1S/C13H23NS/c1-4-7-11(3)10-14-12(5-2)13-8-6-9-15-13/h6,8-9,11-12,14H,4-5,7,10H2,1-3H3. The molecule has 0 spiro atoms. The average molecular weight is 225 g/mol. The fraction of sp³-hybridized carbons (Fsp3) is 0.692. The Morgan fingerprint density at radius 1 is 1.40 bits per heavy atom. The molecule has 0 saturated heterocycles. The molecular weight excluding hydrogens is 202 g/mol. The fourth-order valence-electron chi connectivity index (χ4n) is 1.87. The second-order valence-electron chi connectivity index (χ2n) is 4.28. The molecule has 0 aliphatic heterocycles. The van der Waals surface area contributed by atoms with Gasteiger partial charge in [-0.3, -0.25) is 0 Å². The van der Waals surface area contributed by atoms with E-state index in [0.29, 0.717) is 6.04 Å². The van der Waals surface area contributed by atoms with E-state index in [9.17, 15) is 0 Å². The van der Waals surface area contributed by atoms with Gasteiger partial charge in [0, 0.05) is 10.9 Å². The Morgan fingerprint density at radius 2 is 2.20 bits per heavy atom. The normalized spacial score (nSPS) is 15.1. The van der Waals surface area contributed by atoms with E-state index in [-0.39, 0.29) is 0 Å². The topological polar surface area (TPSA) is 12.0 Å². The van der Waals surface area contributed by atoms with E-state index in [0.717, 1.165) is 12.5 Å². The van der Waals surface area contributed by atoms with Gasteiger partial charge in [0.1, 0.15) is 0 Å². The molecule has 0 aliphatic rings. The second-order valence-corrected chi connectivity index (χ2v) is 5.26. The second kappa shape index (κ2) is 7.02. The van der Waals surface area contributed by atoms with Crippen molar-refractivity contribution in [2.75, 3.05) is 6.54 Å². The maximum absolute atomic E-state index is 3.67. The summed E-state index contributed by atoms with van der Waals surface area (Å²) in [7, 11) is 0. The first-order valence-corrected chi connectivity index (χ1v) is 6.92. The third-order valence-electron chi connectivity index (χ3n) is 2.79. The van der Waals surface area contributed by atoms with Crippen LogP contribution in [-0.4, -0.2) is 6.54 Å². The van der Waals surface area contributed by atoms with Gasteiger partial charge in [0.25, 0.3) is 0 Å². The zero-order chi connectivity index (χ0) is 11.1. The van der Waals surface area contributed by atoms with E-state index in [4.69, 9.17) is 0 Å². The molecule has 0 saturated carbocycles. The minimum absolute atomic E-state index is 0.560. The molecule has 0 fully saturated rings. The van der Waals surface area contributed by atoms with Crippen LogP contribution in [0.3, 0.4) is 0 Å². The lowest BCUT2D eigenvalue weighted by molar-refractivity contribution is 0.428. The highest BCUT2D eigenvalue weighted by Gasteiger charge is 2.10. The van der Waals surface area contributed by atoms with Crippen molar-refractivity contribution in [3.05, 3.63) is 22.4 Å². The first-order valence-electron chi connectivity index (χ1n) is 6.04. The molecule has 2 heteroatoms. The molecular formula is C13H23NS. The van der Waals surface area contributed by atoms with Crippen LogP contribution >= 0.6 is 11.3 Å². The van der Waals surface area contributed by atoms with Crippen LogP contribution in [-0.2, 0) is 0 Å². The summed E-state index contributed by atoms with van der Waals surface area (Å²) in [6.45, 7) is 7.98. The molecule has 1 heterocycles. The lowest BCUT2D eigenvalue weighted by Crippen LogP contribution is -2.25. The Morgan fingerprint density at radius 3 is 2.73 bits per heavy atom. The first-order chi connectivity index (χ1) is 7.27. The molecule has 1 nitrogen and oxygen atoms in total. The molecule has 0 bridgehead atoms. The van der Waals surface area contributed by atoms with Crippen molar-refractivity contribution in [2.24, 2.45) is 5.92 Å². The first kappa shape index (κ1) is 12.7. The number of rotatable bonds is 7. The largest absolute Gasteiger partial charge is 0.309 e. The Kier molecular flexibility index (Phi) is 5.96. The van der Waals surface area contributed by atoms with Crippen molar-refractivity contribution in [3.63, 3.8) is 0 Å². The Hall–Kier alpha value is -0.340. The molecule has 1 N–H and O–H groups in total. The van der Waals surface area contributed by atoms with Crippen molar-refractivity contribution in [3.8, 4) is 0 Å². The van der Waals surface area contributed by atoms with Crippen molar-refractivity contribution in [1.82, 2.24) is 5.32 Å². The molecule has 15 heavy (non-hydrogen) atoms. The maximum atomic E-state index is 3.67. The minimum Gasteiger partial charge on any atom is -0.309 e. The monoisotopic (exact) mass is 225 g/mol. The summed E-state index contributed by atoms with van der Waals surface area (Å²) in [5.41, 5.74) is 0. The summed E-state index contributed by atoms with van der Waals surface area (Å²) < 4.78 is 0. The third kappa shape index (κ3) is 4.35. The van der Waals surface area contributed by atoms with Crippen LogP contribution in [0.2, 0.25) is 0 Å². The molecule has 2 atom stereocenters. The summed E-state index contributed by atoms with van der Waals surface area (Å²) in [5.74, 6) is 0.795. The van der Waals surface area contributed by atoms with E-state index in [1.807, 2.05) is 11.3 Å². The van der Waals surface area contributed by atoms with E-state index in [1.54, 1.807) is 0 Å². The molecule has 0 aliphatic carbocycles. The SMILES string of the molecule is CCCC(C)CNC(CC)c1cccs1. The van der Waals surface area contributed by atoms with Gasteiger partial charge in [-0.05, 0) is 36.8 Å². The third-order valence-corrected chi connectivity index (χ3v) is 3.78. The summed E-state index contributed by atoms with van der Waals surface area (Å²) >= 11 is 1.86. The summed E-state index contributed by atoms with van der Waals surface area (Å²) in [6.07, 6.45) is 3.80. The summed E-state index contributed by atoms with van der Waals surface area (Å²) in [5, 5.41) is 5.83. The molecule has 0 radical (unpaired) electrons. The number of hydrogen-bond acceptors (Lipinski definition) is 2. The van der Waals surface area contributed by atoms with Gasteiger partial charge in [-0.2, -0.15) is 0 Å². The molecule has 1 rings (SSSR count). The van der Waals surface area contributed by atoms with Crippen molar-refractivity contribution in [2.45, 2.75) is 46.1 Å². The highest BCUT2D eigenvalue weighted by molar-refractivity contribution is 7.10. The molecule has 86 valence electrons. The predicted molar refractivity (Wildman–Crippen MR) is 69.4 cm³/mol. The van der Waals surface area contributed by atoms with Gasteiger partial charge in [-0.15, -0.1) is 11.3 Å². The van der Waals surface area contributed by atoms with E-state index < -0.39 is 0 Å². The molecule has 1 aromatic heterocycles. The highest BCUT2D eigenvalue weighted by Crippen LogP contribution is 2.21. The van der Waals surface area contributed by atoms with Crippen LogP contribution < -0.4 is 5.32 Å². The number of nitrogens with one attached hydrogen (secondary N) is 1. The predicted octanol–water partition coefficient (Wildman–Crippen LogP) is 4.23. The lowest BCUT2D eigenvalue weighted by atomic mass is 10.1. The van der Waals surface area contributed by atoms with Crippen LogP contribution in [0.1, 0.15) is 51.0 Å². The average Bonchev–Trinajstić information content (AvgIpc) is 2.72. The maximum Gasteiger partial charge on any atom is 0.0412 e. The quantitative estimate of drug-likeness (QED) is 0.732.